The average molecular weight is 397 g/mol. The zero-order valence-corrected chi connectivity index (χ0v) is 17.4. The molecule has 1 heterocycles. The lowest BCUT2D eigenvalue weighted by molar-refractivity contribution is 0.0342. The van der Waals surface area contributed by atoms with Gasteiger partial charge >= 0.3 is 0 Å². The fourth-order valence-electron chi connectivity index (χ4n) is 2.93. The maximum absolute atomic E-state index is 11.3. The lowest BCUT2D eigenvalue weighted by Crippen LogP contribution is -2.42. The van der Waals surface area contributed by atoms with Gasteiger partial charge in [0.2, 0.25) is 0 Å². The molecule has 1 aliphatic heterocycles. The van der Waals surface area contributed by atoms with Crippen molar-refractivity contribution in [2.45, 2.75) is 32.5 Å². The second kappa shape index (κ2) is 10.6. The molecule has 1 atom stereocenters. The minimum Gasteiger partial charge on any atom is -0.379 e. The van der Waals surface area contributed by atoms with Gasteiger partial charge in [-0.25, -0.2) is 8.42 Å². The Bertz CT molecular complexity index is 715. The van der Waals surface area contributed by atoms with E-state index in [2.05, 4.69) is 44.8 Å². The van der Waals surface area contributed by atoms with Gasteiger partial charge in [-0.05, 0) is 24.5 Å². The second-order valence-corrected chi connectivity index (χ2v) is 9.36. The molecular formula is C19H32N4O3S. The SMILES string of the molecule is CN=C(NCc1cccc(CN2CCOCC2)c1)NC(C)CCS(C)(=O)=O. The Morgan fingerprint density at radius 1 is 1.30 bits per heavy atom. The predicted molar refractivity (Wildman–Crippen MR) is 110 cm³/mol. The van der Waals surface area contributed by atoms with Crippen molar-refractivity contribution in [3.05, 3.63) is 35.4 Å². The van der Waals surface area contributed by atoms with Gasteiger partial charge in [-0.15, -0.1) is 0 Å². The number of aliphatic imine (C=N–C) groups is 1. The Morgan fingerprint density at radius 3 is 2.67 bits per heavy atom. The van der Waals surface area contributed by atoms with Crippen LogP contribution in [0.25, 0.3) is 0 Å². The lowest BCUT2D eigenvalue weighted by Gasteiger charge is -2.26. The smallest absolute Gasteiger partial charge is 0.191 e. The summed E-state index contributed by atoms with van der Waals surface area (Å²) in [6, 6.07) is 8.56. The third-order valence-electron chi connectivity index (χ3n) is 4.49. The number of benzene rings is 1. The Labute approximate surface area is 163 Å². The third kappa shape index (κ3) is 8.73. The highest BCUT2D eigenvalue weighted by Crippen LogP contribution is 2.10. The molecule has 1 fully saturated rings. The molecule has 0 bridgehead atoms. The van der Waals surface area contributed by atoms with E-state index in [9.17, 15) is 8.42 Å². The van der Waals surface area contributed by atoms with E-state index in [1.54, 1.807) is 7.05 Å². The van der Waals surface area contributed by atoms with E-state index in [-0.39, 0.29) is 11.8 Å². The number of hydrogen-bond donors (Lipinski definition) is 2. The number of ether oxygens (including phenoxy) is 1. The van der Waals surface area contributed by atoms with Gasteiger partial charge in [0.25, 0.3) is 0 Å². The molecule has 7 nitrogen and oxygen atoms in total. The van der Waals surface area contributed by atoms with Crippen molar-refractivity contribution in [3.63, 3.8) is 0 Å². The molecule has 0 spiro atoms. The molecule has 0 radical (unpaired) electrons. The van der Waals surface area contributed by atoms with Gasteiger partial charge in [0.05, 0.1) is 19.0 Å². The van der Waals surface area contributed by atoms with Crippen LogP contribution in [-0.2, 0) is 27.7 Å². The summed E-state index contributed by atoms with van der Waals surface area (Å²) in [6.45, 7) is 7.12. The maximum Gasteiger partial charge on any atom is 0.191 e. The normalized spacial score (nSPS) is 17.5. The fourth-order valence-corrected chi connectivity index (χ4v) is 3.71. The van der Waals surface area contributed by atoms with Crippen LogP contribution >= 0.6 is 0 Å². The minimum absolute atomic E-state index is 0.0265. The van der Waals surface area contributed by atoms with Gasteiger partial charge in [-0.1, -0.05) is 24.3 Å². The van der Waals surface area contributed by atoms with E-state index in [4.69, 9.17) is 4.74 Å². The molecule has 1 aliphatic rings. The lowest BCUT2D eigenvalue weighted by atomic mass is 10.1. The fraction of sp³-hybridized carbons (Fsp3) is 0.632. The van der Waals surface area contributed by atoms with Crippen LogP contribution in [-0.4, -0.2) is 70.7 Å². The van der Waals surface area contributed by atoms with Crippen LogP contribution in [0.4, 0.5) is 0 Å². The molecule has 2 N–H and O–H groups in total. The molecule has 27 heavy (non-hydrogen) atoms. The first-order valence-electron chi connectivity index (χ1n) is 9.38. The summed E-state index contributed by atoms with van der Waals surface area (Å²) in [7, 11) is -1.23. The zero-order valence-electron chi connectivity index (χ0n) is 16.6. The highest BCUT2D eigenvalue weighted by Gasteiger charge is 2.11. The summed E-state index contributed by atoms with van der Waals surface area (Å²) in [5.41, 5.74) is 2.48. The van der Waals surface area contributed by atoms with Crippen molar-refractivity contribution < 1.29 is 13.2 Å². The Kier molecular flexibility index (Phi) is 8.53. The molecule has 1 aromatic rings. The van der Waals surface area contributed by atoms with Crippen LogP contribution in [0.3, 0.4) is 0 Å². The molecular weight excluding hydrogens is 364 g/mol. The van der Waals surface area contributed by atoms with Crippen LogP contribution < -0.4 is 10.6 Å². The van der Waals surface area contributed by atoms with Crippen molar-refractivity contribution in [2.24, 2.45) is 4.99 Å². The largest absolute Gasteiger partial charge is 0.379 e. The average Bonchev–Trinajstić information content (AvgIpc) is 2.64. The van der Waals surface area contributed by atoms with E-state index in [0.29, 0.717) is 18.9 Å². The second-order valence-electron chi connectivity index (χ2n) is 7.10. The van der Waals surface area contributed by atoms with Crippen molar-refractivity contribution in [2.75, 3.05) is 45.4 Å². The number of hydrogen-bond acceptors (Lipinski definition) is 5. The first-order chi connectivity index (χ1) is 12.9. The van der Waals surface area contributed by atoms with Crippen LogP contribution in [0.15, 0.2) is 29.3 Å². The van der Waals surface area contributed by atoms with Crippen LogP contribution in [0.5, 0.6) is 0 Å². The summed E-state index contributed by atoms with van der Waals surface area (Å²) in [5, 5.41) is 6.54. The monoisotopic (exact) mass is 396 g/mol. The van der Waals surface area contributed by atoms with Crippen molar-refractivity contribution in [3.8, 4) is 0 Å². The van der Waals surface area contributed by atoms with E-state index in [1.165, 1.54) is 17.4 Å². The quantitative estimate of drug-likeness (QED) is 0.504. The highest BCUT2D eigenvalue weighted by molar-refractivity contribution is 7.90. The van der Waals surface area contributed by atoms with Crippen LogP contribution in [0, 0.1) is 0 Å². The number of rotatable bonds is 8. The Morgan fingerprint density at radius 2 is 2.00 bits per heavy atom. The molecule has 1 saturated heterocycles. The maximum atomic E-state index is 11.3. The van der Waals surface area contributed by atoms with Gasteiger partial charge in [-0.2, -0.15) is 0 Å². The first-order valence-corrected chi connectivity index (χ1v) is 11.4. The first kappa shape index (κ1) is 21.7. The number of sulfone groups is 1. The molecule has 0 amide bonds. The Hall–Kier alpha value is -1.64. The van der Waals surface area contributed by atoms with Gasteiger partial charge in [0, 0.05) is 45.5 Å². The summed E-state index contributed by atoms with van der Waals surface area (Å²) in [5.74, 6) is 0.844. The summed E-state index contributed by atoms with van der Waals surface area (Å²) < 4.78 is 28.0. The molecule has 1 aromatic carbocycles. The van der Waals surface area contributed by atoms with Gasteiger partial charge in [0.15, 0.2) is 5.96 Å². The van der Waals surface area contributed by atoms with Crippen LogP contribution in [0.2, 0.25) is 0 Å². The molecule has 8 heteroatoms. The Balaban J connectivity index is 1.82. The number of morpholine rings is 1. The van der Waals surface area contributed by atoms with E-state index >= 15 is 0 Å². The third-order valence-corrected chi connectivity index (χ3v) is 5.47. The van der Waals surface area contributed by atoms with Crippen molar-refractivity contribution >= 4 is 15.8 Å². The molecule has 0 saturated carbocycles. The number of nitrogens with one attached hydrogen (secondary N) is 2. The number of guanidine groups is 1. The number of nitrogens with zero attached hydrogens (tertiary/aromatic N) is 2. The van der Waals surface area contributed by atoms with Crippen LogP contribution in [0.1, 0.15) is 24.5 Å². The predicted octanol–water partition coefficient (Wildman–Crippen LogP) is 1.01. The molecule has 1 unspecified atom stereocenters. The molecule has 152 valence electrons. The van der Waals surface area contributed by atoms with Crippen molar-refractivity contribution in [1.82, 2.24) is 15.5 Å². The highest BCUT2D eigenvalue weighted by atomic mass is 32.2. The summed E-state index contributed by atoms with van der Waals surface area (Å²) in [6.07, 6.45) is 1.81. The molecule has 2 rings (SSSR count). The summed E-state index contributed by atoms with van der Waals surface area (Å²) >= 11 is 0. The minimum atomic E-state index is -2.95. The van der Waals surface area contributed by atoms with Crippen molar-refractivity contribution in [1.29, 1.82) is 0 Å². The van der Waals surface area contributed by atoms with E-state index < -0.39 is 9.84 Å². The topological polar surface area (TPSA) is 83.0 Å². The molecule has 0 aromatic heterocycles. The van der Waals surface area contributed by atoms with Gasteiger partial charge < -0.3 is 15.4 Å². The van der Waals surface area contributed by atoms with E-state index in [1.807, 2.05) is 6.92 Å². The van der Waals surface area contributed by atoms with Gasteiger partial charge in [0.1, 0.15) is 9.84 Å². The summed E-state index contributed by atoms with van der Waals surface area (Å²) in [4.78, 5) is 6.63. The zero-order chi connectivity index (χ0) is 19.7. The molecule has 0 aliphatic carbocycles. The van der Waals surface area contributed by atoms with E-state index in [0.717, 1.165) is 32.8 Å². The standard InChI is InChI=1S/C19H32N4O3S/c1-16(7-12-27(3,24)25)22-19(20-2)21-14-17-5-4-6-18(13-17)15-23-8-10-26-11-9-23/h4-6,13,16H,7-12,14-15H2,1-3H3,(H2,20,21,22). The van der Waals surface area contributed by atoms with Gasteiger partial charge in [-0.3, -0.25) is 9.89 Å².